The molecule has 0 saturated heterocycles. The second kappa shape index (κ2) is 7.11. The molecule has 9 heteroatoms. The van der Waals surface area contributed by atoms with Crippen molar-refractivity contribution in [3.8, 4) is 0 Å². The van der Waals surface area contributed by atoms with Crippen molar-refractivity contribution in [1.82, 2.24) is 10.3 Å². The van der Waals surface area contributed by atoms with Gasteiger partial charge in [0, 0.05) is 13.0 Å². The van der Waals surface area contributed by atoms with Crippen LogP contribution < -0.4 is 5.32 Å². The van der Waals surface area contributed by atoms with E-state index in [0.29, 0.717) is 0 Å². The molecule has 0 bridgehead atoms. The molecule has 0 aliphatic heterocycles. The van der Waals surface area contributed by atoms with E-state index in [4.69, 9.17) is 0 Å². The molecule has 0 aliphatic carbocycles. The molecule has 1 rings (SSSR count). The zero-order valence-electron chi connectivity index (χ0n) is 10.1. The van der Waals surface area contributed by atoms with E-state index in [9.17, 15) is 22.0 Å². The van der Waals surface area contributed by atoms with Gasteiger partial charge in [0.05, 0.1) is 16.5 Å². The van der Waals surface area contributed by atoms with Crippen LogP contribution in [0.1, 0.15) is 15.6 Å². The number of hydrogen-bond acceptors (Lipinski definition) is 4. The van der Waals surface area contributed by atoms with Gasteiger partial charge in [-0.05, 0) is 7.05 Å². The molecule has 1 aromatic heterocycles. The van der Waals surface area contributed by atoms with Gasteiger partial charge in [0.25, 0.3) is 6.43 Å². The second-order valence-corrected chi connectivity index (χ2v) is 4.79. The number of hydrogen-bond donors (Lipinski definition) is 1. The highest BCUT2D eigenvalue weighted by atomic mass is 32.1. The lowest BCUT2D eigenvalue weighted by molar-refractivity contribution is -0.141. The maximum absolute atomic E-state index is 12.7. The van der Waals surface area contributed by atoms with Crippen LogP contribution >= 0.6 is 11.3 Å². The van der Waals surface area contributed by atoms with Gasteiger partial charge in [0.2, 0.25) is 0 Å². The topological polar surface area (TPSA) is 34.1 Å². The number of thiazole rings is 1. The van der Waals surface area contributed by atoms with Crippen LogP contribution in [0.3, 0.4) is 0 Å². The van der Waals surface area contributed by atoms with Crippen LogP contribution in [-0.2, 0) is 23.9 Å². The van der Waals surface area contributed by atoms with Crippen molar-refractivity contribution in [1.29, 1.82) is 0 Å². The van der Waals surface area contributed by atoms with Crippen LogP contribution in [0.15, 0.2) is 0 Å². The Labute approximate surface area is 110 Å². The minimum absolute atomic E-state index is 0.0599. The predicted molar refractivity (Wildman–Crippen MR) is 60.4 cm³/mol. The fourth-order valence-electron chi connectivity index (χ4n) is 1.34. The summed E-state index contributed by atoms with van der Waals surface area (Å²) < 4.78 is 66.2. The van der Waals surface area contributed by atoms with Gasteiger partial charge < -0.3 is 10.1 Å². The fourth-order valence-corrected chi connectivity index (χ4v) is 2.42. The van der Waals surface area contributed by atoms with Crippen LogP contribution in [0.4, 0.5) is 22.0 Å². The Morgan fingerprint density at radius 1 is 1.37 bits per heavy atom. The number of aromatic nitrogens is 1. The highest BCUT2D eigenvalue weighted by Gasteiger charge is 2.37. The first kappa shape index (κ1) is 16.3. The van der Waals surface area contributed by atoms with E-state index >= 15 is 0 Å². The summed E-state index contributed by atoms with van der Waals surface area (Å²) in [5, 5.41) is 2.86. The van der Waals surface area contributed by atoms with Crippen molar-refractivity contribution in [3.63, 3.8) is 0 Å². The van der Waals surface area contributed by atoms with E-state index in [2.05, 4.69) is 15.0 Å². The molecule has 0 atom stereocenters. The predicted octanol–water partition coefficient (Wildman–Crippen LogP) is 2.71. The number of halogens is 5. The Kier molecular flexibility index (Phi) is 6.08. The number of nitrogens with one attached hydrogen (secondary N) is 1. The molecule has 3 nitrogen and oxygen atoms in total. The van der Waals surface area contributed by atoms with E-state index in [1.54, 1.807) is 0 Å². The molecule has 0 saturated carbocycles. The summed E-state index contributed by atoms with van der Waals surface area (Å²) in [6.45, 7) is -0.737. The van der Waals surface area contributed by atoms with E-state index in [1.165, 1.54) is 7.05 Å². The quantitative estimate of drug-likeness (QED) is 0.621. The molecule has 0 radical (unpaired) electrons. The van der Waals surface area contributed by atoms with Gasteiger partial charge in [-0.15, -0.1) is 11.3 Å². The molecule has 1 aromatic rings. The van der Waals surface area contributed by atoms with Crippen molar-refractivity contribution < 1.29 is 26.7 Å². The highest BCUT2D eigenvalue weighted by molar-refractivity contribution is 7.11. The summed E-state index contributed by atoms with van der Waals surface area (Å²) in [5.41, 5.74) is -0.921. The third kappa shape index (κ3) is 5.37. The summed E-state index contributed by atoms with van der Waals surface area (Å²) >= 11 is 0.909. The summed E-state index contributed by atoms with van der Waals surface area (Å²) in [4.78, 5) is 3.59. The van der Waals surface area contributed by atoms with Crippen LogP contribution in [0, 0.1) is 0 Å². The van der Waals surface area contributed by atoms with E-state index in [1.807, 2.05) is 0 Å². The maximum Gasteiger partial charge on any atom is 0.434 e. The average molecular weight is 304 g/mol. The number of ether oxygens (including phenoxy) is 1. The van der Waals surface area contributed by atoms with Crippen LogP contribution in [0.2, 0.25) is 0 Å². The van der Waals surface area contributed by atoms with Gasteiger partial charge in [-0.3, -0.25) is 0 Å². The van der Waals surface area contributed by atoms with Crippen molar-refractivity contribution in [2.75, 3.05) is 20.3 Å². The minimum Gasteiger partial charge on any atom is -0.375 e. The first-order valence-electron chi connectivity index (χ1n) is 5.41. The van der Waals surface area contributed by atoms with Crippen molar-refractivity contribution in [2.45, 2.75) is 25.6 Å². The largest absolute Gasteiger partial charge is 0.434 e. The normalized spacial score (nSPS) is 12.4. The van der Waals surface area contributed by atoms with Crippen molar-refractivity contribution in [2.24, 2.45) is 0 Å². The average Bonchev–Trinajstić information content (AvgIpc) is 2.68. The molecule has 1 N–H and O–H groups in total. The molecule has 0 unspecified atom stereocenters. The zero-order chi connectivity index (χ0) is 14.5. The van der Waals surface area contributed by atoms with Crippen LogP contribution in [-0.4, -0.2) is 31.7 Å². The van der Waals surface area contributed by atoms with E-state index in [0.717, 1.165) is 11.3 Å². The second-order valence-electron chi connectivity index (χ2n) is 3.62. The van der Waals surface area contributed by atoms with Gasteiger partial charge in [0.15, 0.2) is 5.69 Å². The third-order valence-electron chi connectivity index (χ3n) is 2.05. The molecule has 0 spiro atoms. The summed E-state index contributed by atoms with van der Waals surface area (Å²) in [7, 11) is 1.53. The minimum atomic E-state index is -4.51. The van der Waals surface area contributed by atoms with Gasteiger partial charge >= 0.3 is 6.18 Å². The molecular formula is C10H13F5N2OS. The molecular weight excluding hydrogens is 291 g/mol. The zero-order valence-corrected chi connectivity index (χ0v) is 10.9. The summed E-state index contributed by atoms with van der Waals surface area (Å²) in [6.07, 6.45) is -7.00. The SMILES string of the molecule is CNCc1sc(CCOCC(F)F)nc1C(F)(F)F. The van der Waals surface area contributed by atoms with Crippen LogP contribution in [0.5, 0.6) is 0 Å². The van der Waals surface area contributed by atoms with Gasteiger partial charge in [-0.2, -0.15) is 13.2 Å². The number of rotatable bonds is 7. The van der Waals surface area contributed by atoms with E-state index in [-0.39, 0.29) is 29.5 Å². The fraction of sp³-hybridized carbons (Fsp3) is 0.700. The van der Waals surface area contributed by atoms with Crippen LogP contribution in [0.25, 0.3) is 0 Å². The lowest BCUT2D eigenvalue weighted by Gasteiger charge is -2.04. The summed E-state index contributed by atoms with van der Waals surface area (Å²) in [5.74, 6) is 0. The Balaban J connectivity index is 2.64. The molecule has 0 aromatic carbocycles. The first-order valence-corrected chi connectivity index (χ1v) is 6.22. The standard InChI is InChI=1S/C10H13F5N2OS/c1-16-4-6-9(10(13,14)15)17-8(19-6)2-3-18-5-7(11)12/h7,16H,2-5H2,1H3. The number of nitrogens with zero attached hydrogens (tertiary/aromatic N) is 1. The lowest BCUT2D eigenvalue weighted by Crippen LogP contribution is -2.13. The molecule has 0 fully saturated rings. The Morgan fingerprint density at radius 3 is 2.58 bits per heavy atom. The Bertz CT molecular complexity index is 394. The monoisotopic (exact) mass is 304 g/mol. The molecule has 19 heavy (non-hydrogen) atoms. The van der Waals surface area contributed by atoms with Crippen molar-refractivity contribution in [3.05, 3.63) is 15.6 Å². The maximum atomic E-state index is 12.7. The molecule has 0 amide bonds. The highest BCUT2D eigenvalue weighted by Crippen LogP contribution is 2.34. The van der Waals surface area contributed by atoms with Gasteiger partial charge in [-0.25, -0.2) is 13.8 Å². The van der Waals surface area contributed by atoms with Gasteiger partial charge in [0.1, 0.15) is 6.61 Å². The van der Waals surface area contributed by atoms with E-state index < -0.39 is 24.9 Å². The smallest absolute Gasteiger partial charge is 0.375 e. The Morgan fingerprint density at radius 2 is 2.05 bits per heavy atom. The molecule has 0 aliphatic rings. The van der Waals surface area contributed by atoms with Crippen molar-refractivity contribution >= 4 is 11.3 Å². The summed E-state index contributed by atoms with van der Waals surface area (Å²) in [6, 6.07) is 0. The number of alkyl halides is 5. The Hall–Kier alpha value is -0.800. The van der Waals surface area contributed by atoms with Gasteiger partial charge in [-0.1, -0.05) is 0 Å². The molecule has 110 valence electrons. The molecule has 1 heterocycles. The first-order chi connectivity index (χ1) is 8.84. The lowest BCUT2D eigenvalue weighted by atomic mass is 10.3. The third-order valence-corrected chi connectivity index (χ3v) is 3.17.